The first-order valence-electron chi connectivity index (χ1n) is 7.75. The minimum absolute atomic E-state index is 0.0458. The van der Waals surface area contributed by atoms with Gasteiger partial charge in [0.05, 0.1) is 36.9 Å². The zero-order chi connectivity index (χ0) is 17.3. The molecule has 0 aliphatic carbocycles. The molecule has 1 fully saturated rings. The monoisotopic (exact) mass is 335 g/mol. The van der Waals surface area contributed by atoms with Crippen molar-refractivity contribution in [3.8, 4) is 0 Å². The van der Waals surface area contributed by atoms with Crippen LogP contribution in [0, 0.1) is 24.5 Å². The van der Waals surface area contributed by atoms with Crippen LogP contribution in [0.3, 0.4) is 0 Å². The van der Waals surface area contributed by atoms with Crippen LogP contribution in [0.4, 0.5) is 8.78 Å². The fourth-order valence-corrected chi connectivity index (χ4v) is 2.83. The summed E-state index contributed by atoms with van der Waals surface area (Å²) >= 11 is 0. The smallest absolute Gasteiger partial charge is 0.225 e. The minimum Gasteiger partial charge on any atom is -0.376 e. The number of aromatic nitrogens is 2. The van der Waals surface area contributed by atoms with E-state index in [4.69, 9.17) is 4.74 Å². The highest BCUT2D eigenvalue weighted by Gasteiger charge is 2.46. The quantitative estimate of drug-likeness (QED) is 0.911. The molecule has 5 nitrogen and oxygen atoms in total. The van der Waals surface area contributed by atoms with Crippen molar-refractivity contribution < 1.29 is 18.3 Å². The standard InChI is InChI=1S/C17H19F2N3O2/c1-11(8-22-7-6-12(2)21-22)16(23)20-17(9-24-10-17)15-13(18)4-3-5-14(15)19/h3-7,11H,8-10H2,1-2H3,(H,20,23). The number of ether oxygens (including phenoxy) is 1. The number of benzene rings is 1. The van der Waals surface area contributed by atoms with Gasteiger partial charge in [-0.3, -0.25) is 9.48 Å². The van der Waals surface area contributed by atoms with E-state index in [1.54, 1.807) is 17.8 Å². The summed E-state index contributed by atoms with van der Waals surface area (Å²) in [5, 5.41) is 7.01. The molecule has 24 heavy (non-hydrogen) atoms. The number of amides is 1. The Bertz CT molecular complexity index is 736. The number of aryl methyl sites for hydroxylation is 1. The average molecular weight is 335 g/mol. The lowest BCUT2D eigenvalue weighted by atomic mass is 9.86. The van der Waals surface area contributed by atoms with Crippen LogP contribution < -0.4 is 5.32 Å². The first-order valence-corrected chi connectivity index (χ1v) is 7.75. The zero-order valence-electron chi connectivity index (χ0n) is 13.6. The van der Waals surface area contributed by atoms with Crippen LogP contribution in [-0.4, -0.2) is 28.9 Å². The lowest BCUT2D eigenvalue weighted by molar-refractivity contribution is -0.138. The maximum absolute atomic E-state index is 14.1. The predicted molar refractivity (Wildman–Crippen MR) is 83.1 cm³/mol. The van der Waals surface area contributed by atoms with Crippen molar-refractivity contribution in [2.24, 2.45) is 5.92 Å². The van der Waals surface area contributed by atoms with Crippen LogP contribution in [0.15, 0.2) is 30.5 Å². The van der Waals surface area contributed by atoms with Gasteiger partial charge < -0.3 is 10.1 Å². The normalized spacial score (nSPS) is 17.2. The molecule has 3 rings (SSSR count). The van der Waals surface area contributed by atoms with E-state index in [0.29, 0.717) is 6.54 Å². The Morgan fingerprint density at radius 3 is 2.54 bits per heavy atom. The summed E-state index contributed by atoms with van der Waals surface area (Å²) in [6.07, 6.45) is 1.79. The molecule has 0 bridgehead atoms. The van der Waals surface area contributed by atoms with Gasteiger partial charge in [-0.15, -0.1) is 0 Å². The van der Waals surface area contributed by atoms with E-state index in [-0.39, 0.29) is 24.7 Å². The van der Waals surface area contributed by atoms with Crippen LogP contribution >= 0.6 is 0 Å². The van der Waals surface area contributed by atoms with Crippen LogP contribution in [0.2, 0.25) is 0 Å². The van der Waals surface area contributed by atoms with Crippen molar-refractivity contribution in [2.75, 3.05) is 13.2 Å². The first-order chi connectivity index (χ1) is 11.4. The molecule has 1 amide bonds. The summed E-state index contributed by atoms with van der Waals surface area (Å²) in [6, 6.07) is 5.51. The van der Waals surface area contributed by atoms with Crippen molar-refractivity contribution in [2.45, 2.75) is 25.9 Å². The lowest BCUT2D eigenvalue weighted by Crippen LogP contribution is -2.61. The highest BCUT2D eigenvalue weighted by Crippen LogP contribution is 2.33. The minimum atomic E-state index is -1.15. The van der Waals surface area contributed by atoms with Crippen LogP contribution in [0.1, 0.15) is 18.2 Å². The van der Waals surface area contributed by atoms with Crippen molar-refractivity contribution in [1.82, 2.24) is 15.1 Å². The van der Waals surface area contributed by atoms with Gasteiger partial charge in [-0.05, 0) is 25.1 Å². The Morgan fingerprint density at radius 2 is 2.04 bits per heavy atom. The molecule has 128 valence electrons. The van der Waals surface area contributed by atoms with E-state index in [2.05, 4.69) is 10.4 Å². The second-order valence-corrected chi connectivity index (χ2v) is 6.24. The molecule has 1 N–H and O–H groups in total. The van der Waals surface area contributed by atoms with Gasteiger partial charge in [-0.1, -0.05) is 13.0 Å². The highest BCUT2D eigenvalue weighted by atomic mass is 19.1. The SMILES string of the molecule is Cc1ccn(CC(C)C(=O)NC2(c3c(F)cccc3F)COC2)n1. The Labute approximate surface area is 138 Å². The maximum Gasteiger partial charge on any atom is 0.225 e. The Kier molecular flexibility index (Phi) is 4.36. The summed E-state index contributed by atoms with van der Waals surface area (Å²) < 4.78 is 35.0. The molecular formula is C17H19F2N3O2. The van der Waals surface area contributed by atoms with E-state index < -0.39 is 23.1 Å². The lowest BCUT2D eigenvalue weighted by Gasteiger charge is -2.43. The molecule has 1 atom stereocenters. The Morgan fingerprint density at radius 1 is 1.38 bits per heavy atom. The number of hydrogen-bond donors (Lipinski definition) is 1. The molecular weight excluding hydrogens is 316 g/mol. The van der Waals surface area contributed by atoms with Crippen LogP contribution in [-0.2, 0) is 21.6 Å². The number of carbonyl (C=O) groups is 1. The highest BCUT2D eigenvalue weighted by molar-refractivity contribution is 5.79. The number of nitrogens with zero attached hydrogens (tertiary/aromatic N) is 2. The fraction of sp³-hybridized carbons (Fsp3) is 0.412. The van der Waals surface area contributed by atoms with Crippen molar-refractivity contribution in [3.05, 3.63) is 53.4 Å². The molecule has 1 aliphatic rings. The summed E-state index contributed by atoms with van der Waals surface area (Å²) in [5.41, 5.74) is -0.438. The number of nitrogens with one attached hydrogen (secondary N) is 1. The summed E-state index contributed by atoms with van der Waals surface area (Å²) in [4.78, 5) is 12.5. The van der Waals surface area contributed by atoms with E-state index in [1.807, 2.05) is 13.0 Å². The maximum atomic E-state index is 14.1. The second-order valence-electron chi connectivity index (χ2n) is 6.24. The summed E-state index contributed by atoms with van der Waals surface area (Å²) in [5.74, 6) is -2.08. The van der Waals surface area contributed by atoms with Crippen molar-refractivity contribution >= 4 is 5.91 Å². The van der Waals surface area contributed by atoms with Gasteiger partial charge >= 0.3 is 0 Å². The summed E-state index contributed by atoms with van der Waals surface area (Å²) in [6.45, 7) is 4.09. The molecule has 1 aliphatic heterocycles. The number of carbonyl (C=O) groups excluding carboxylic acids is 1. The van der Waals surface area contributed by atoms with Crippen LogP contribution in [0.25, 0.3) is 0 Å². The zero-order valence-corrected chi connectivity index (χ0v) is 13.6. The van der Waals surface area contributed by atoms with E-state index >= 15 is 0 Å². The van der Waals surface area contributed by atoms with Crippen molar-refractivity contribution in [1.29, 1.82) is 0 Å². The van der Waals surface area contributed by atoms with Gasteiger partial charge in [0, 0.05) is 6.20 Å². The molecule has 0 spiro atoms. The summed E-state index contributed by atoms with van der Waals surface area (Å²) in [7, 11) is 0. The van der Waals surface area contributed by atoms with E-state index in [0.717, 1.165) is 5.69 Å². The van der Waals surface area contributed by atoms with Gasteiger partial charge in [0.25, 0.3) is 0 Å². The Hall–Kier alpha value is -2.28. The van der Waals surface area contributed by atoms with E-state index in [1.165, 1.54) is 18.2 Å². The van der Waals surface area contributed by atoms with Gasteiger partial charge in [0.15, 0.2) is 0 Å². The molecule has 7 heteroatoms. The molecule has 1 aromatic carbocycles. The molecule has 1 saturated heterocycles. The van der Waals surface area contributed by atoms with Gasteiger partial charge in [-0.25, -0.2) is 8.78 Å². The molecule has 1 unspecified atom stereocenters. The van der Waals surface area contributed by atoms with Crippen LogP contribution in [0.5, 0.6) is 0 Å². The molecule has 1 aromatic heterocycles. The third-order valence-corrected chi connectivity index (χ3v) is 4.18. The molecule has 2 heterocycles. The number of hydrogen-bond acceptors (Lipinski definition) is 3. The predicted octanol–water partition coefficient (Wildman–Crippen LogP) is 2.15. The average Bonchev–Trinajstić information content (AvgIpc) is 2.89. The first kappa shape index (κ1) is 16.6. The topological polar surface area (TPSA) is 56.2 Å². The molecule has 0 saturated carbocycles. The third kappa shape index (κ3) is 3.03. The number of halogens is 2. The largest absolute Gasteiger partial charge is 0.376 e. The fourth-order valence-electron chi connectivity index (χ4n) is 2.83. The number of rotatable bonds is 5. The van der Waals surface area contributed by atoms with Gasteiger partial charge in [0.1, 0.15) is 17.2 Å². The van der Waals surface area contributed by atoms with Gasteiger partial charge in [0.2, 0.25) is 5.91 Å². The van der Waals surface area contributed by atoms with Gasteiger partial charge in [-0.2, -0.15) is 5.10 Å². The molecule has 2 aromatic rings. The van der Waals surface area contributed by atoms with E-state index in [9.17, 15) is 13.6 Å². The Balaban J connectivity index is 1.76. The van der Waals surface area contributed by atoms with Crippen molar-refractivity contribution in [3.63, 3.8) is 0 Å². The third-order valence-electron chi connectivity index (χ3n) is 4.18. The second kappa shape index (κ2) is 6.32. The molecule has 0 radical (unpaired) electrons.